The fourth-order valence-corrected chi connectivity index (χ4v) is 3.55. The third-order valence-corrected chi connectivity index (χ3v) is 5.13. The Morgan fingerprint density at radius 3 is 2.59 bits per heavy atom. The zero-order valence-electron chi connectivity index (χ0n) is 18.2. The van der Waals surface area contributed by atoms with Crippen LogP contribution in [0.1, 0.15) is 80.1 Å². The summed E-state index contributed by atoms with van der Waals surface area (Å²) in [7, 11) is 0. The van der Waals surface area contributed by atoms with Gasteiger partial charge in [0.25, 0.3) is 0 Å². The van der Waals surface area contributed by atoms with Gasteiger partial charge in [-0.3, -0.25) is 0 Å². The highest BCUT2D eigenvalue weighted by Gasteiger charge is 2.26. The second-order valence-corrected chi connectivity index (χ2v) is 8.11. The quantitative estimate of drug-likeness (QED) is 0.243. The first kappa shape index (κ1) is 23.2. The molecule has 0 aromatic rings. The summed E-state index contributed by atoms with van der Waals surface area (Å²) in [5.74, 6) is -0.281. The second-order valence-electron chi connectivity index (χ2n) is 8.11. The normalized spacial score (nSPS) is 18.6. The molecule has 1 aliphatic carbocycles. The van der Waals surface area contributed by atoms with E-state index in [-0.39, 0.29) is 11.4 Å². The van der Waals surface area contributed by atoms with Crippen LogP contribution in [0.3, 0.4) is 0 Å². The van der Waals surface area contributed by atoms with E-state index in [1.807, 2.05) is 26.0 Å². The van der Waals surface area contributed by atoms with Crippen LogP contribution in [0, 0.1) is 5.41 Å². The van der Waals surface area contributed by atoms with Crippen molar-refractivity contribution in [3.63, 3.8) is 0 Å². The fourth-order valence-electron chi connectivity index (χ4n) is 3.55. The number of hydrogen-bond donors (Lipinski definition) is 0. The van der Waals surface area contributed by atoms with Gasteiger partial charge >= 0.3 is 5.97 Å². The van der Waals surface area contributed by atoms with E-state index < -0.39 is 0 Å². The molecule has 0 spiro atoms. The van der Waals surface area contributed by atoms with Gasteiger partial charge in [0.15, 0.2) is 0 Å². The number of carbonyl (C=O) groups excluding carboxylic acids is 1. The zero-order valence-corrected chi connectivity index (χ0v) is 18.2. The molecule has 150 valence electrons. The number of allylic oxidation sites excluding steroid dienone is 9. The van der Waals surface area contributed by atoms with E-state index in [2.05, 4.69) is 45.9 Å². The smallest absolute Gasteiger partial charge is 0.330 e. The summed E-state index contributed by atoms with van der Waals surface area (Å²) in [5, 5.41) is 0. The molecule has 1 rings (SSSR count). The van der Waals surface area contributed by atoms with Gasteiger partial charge in [0.2, 0.25) is 0 Å². The molecular formula is C25H38O2. The fraction of sp³-hybridized carbons (Fsp3) is 0.560. The molecule has 0 fully saturated rings. The number of rotatable bonds is 9. The lowest BCUT2D eigenvalue weighted by molar-refractivity contribution is -0.137. The van der Waals surface area contributed by atoms with E-state index >= 15 is 0 Å². The lowest BCUT2D eigenvalue weighted by Crippen LogP contribution is -2.19. The highest BCUT2D eigenvalue weighted by Crippen LogP contribution is 2.40. The Morgan fingerprint density at radius 2 is 1.96 bits per heavy atom. The third-order valence-electron chi connectivity index (χ3n) is 5.13. The Morgan fingerprint density at radius 1 is 1.22 bits per heavy atom. The van der Waals surface area contributed by atoms with Crippen LogP contribution in [0.2, 0.25) is 0 Å². The lowest BCUT2D eigenvalue weighted by atomic mass is 9.72. The lowest BCUT2D eigenvalue weighted by Gasteiger charge is -2.33. The van der Waals surface area contributed by atoms with Crippen LogP contribution in [0.15, 0.2) is 58.7 Å². The van der Waals surface area contributed by atoms with Crippen LogP contribution in [0.4, 0.5) is 0 Å². The molecule has 0 N–H and O–H groups in total. The zero-order chi connectivity index (χ0) is 20.3. The minimum absolute atomic E-state index is 0.267. The van der Waals surface area contributed by atoms with Crippen molar-refractivity contribution in [1.29, 1.82) is 0 Å². The minimum atomic E-state index is -0.281. The molecule has 2 heteroatoms. The van der Waals surface area contributed by atoms with E-state index in [9.17, 15) is 4.79 Å². The van der Waals surface area contributed by atoms with E-state index in [1.54, 1.807) is 0 Å². The van der Waals surface area contributed by atoms with Gasteiger partial charge in [-0.05, 0) is 75.0 Å². The molecular weight excluding hydrogens is 332 g/mol. The third kappa shape index (κ3) is 8.60. The molecule has 27 heavy (non-hydrogen) atoms. The summed E-state index contributed by atoms with van der Waals surface area (Å²) in [6.45, 7) is 13.4. The van der Waals surface area contributed by atoms with Crippen molar-refractivity contribution in [2.75, 3.05) is 6.61 Å². The predicted octanol–water partition coefficient (Wildman–Crippen LogP) is 7.25. The van der Waals surface area contributed by atoms with Gasteiger partial charge in [-0.1, -0.05) is 63.1 Å². The topological polar surface area (TPSA) is 26.3 Å². The van der Waals surface area contributed by atoms with E-state index in [0.717, 1.165) is 12.0 Å². The van der Waals surface area contributed by atoms with Gasteiger partial charge in [-0.15, -0.1) is 0 Å². The Labute approximate surface area is 166 Å². The van der Waals surface area contributed by atoms with Crippen LogP contribution >= 0.6 is 0 Å². The highest BCUT2D eigenvalue weighted by atomic mass is 16.5. The predicted molar refractivity (Wildman–Crippen MR) is 117 cm³/mol. The molecule has 0 radical (unpaired) electrons. The van der Waals surface area contributed by atoms with Gasteiger partial charge in [0.05, 0.1) is 6.61 Å². The average Bonchev–Trinajstić information content (AvgIpc) is 2.58. The summed E-state index contributed by atoms with van der Waals surface area (Å²) in [4.78, 5) is 11.5. The first-order valence-corrected chi connectivity index (χ1v) is 10.4. The van der Waals surface area contributed by atoms with Crippen LogP contribution < -0.4 is 0 Å². The number of carbonyl (C=O) groups is 1. The molecule has 0 bridgehead atoms. The number of unbranched alkanes of at least 4 members (excludes halogenated alkanes) is 1. The summed E-state index contributed by atoms with van der Waals surface area (Å²) < 4.78 is 4.95. The highest BCUT2D eigenvalue weighted by molar-refractivity contribution is 5.83. The van der Waals surface area contributed by atoms with Crippen molar-refractivity contribution in [2.45, 2.75) is 80.1 Å². The molecule has 2 nitrogen and oxygen atoms in total. The standard InChI is InChI=1S/C25H38O2/c1-7-9-14-22(15-10-12-20(3)19-24(26)27-8-2)16-17-23-21(4)13-11-18-25(23,5)6/h10,12,15-17,19H,7-9,11,13-14,18H2,1-6H3/b12-10+,17-16+,20-19-,22-15-. The summed E-state index contributed by atoms with van der Waals surface area (Å²) in [6.07, 6.45) is 19.5. The van der Waals surface area contributed by atoms with Crippen molar-refractivity contribution in [2.24, 2.45) is 5.41 Å². The first-order chi connectivity index (χ1) is 12.8. The van der Waals surface area contributed by atoms with Gasteiger partial charge in [0, 0.05) is 6.08 Å². The molecule has 0 amide bonds. The van der Waals surface area contributed by atoms with Crippen molar-refractivity contribution >= 4 is 5.97 Å². The van der Waals surface area contributed by atoms with Crippen LogP contribution in [0.5, 0.6) is 0 Å². The second kappa shape index (κ2) is 11.8. The van der Waals surface area contributed by atoms with Gasteiger partial charge < -0.3 is 4.74 Å². The van der Waals surface area contributed by atoms with E-state index in [1.165, 1.54) is 54.9 Å². The van der Waals surface area contributed by atoms with Crippen LogP contribution in [-0.4, -0.2) is 12.6 Å². The molecule has 0 saturated heterocycles. The molecule has 1 aliphatic rings. The molecule has 0 atom stereocenters. The molecule has 0 aliphatic heterocycles. The van der Waals surface area contributed by atoms with Gasteiger partial charge in [-0.2, -0.15) is 0 Å². The van der Waals surface area contributed by atoms with Crippen molar-refractivity contribution in [3.05, 3.63) is 58.7 Å². The van der Waals surface area contributed by atoms with Crippen molar-refractivity contribution < 1.29 is 9.53 Å². The Kier molecular flexibility index (Phi) is 10.1. The Bertz CT molecular complexity index is 639. The van der Waals surface area contributed by atoms with Crippen molar-refractivity contribution in [1.82, 2.24) is 0 Å². The SMILES string of the molecule is CCCCC(=C/C=C/C(C)=C\C(=O)OCC)/C=C/C1=C(C)CCCC1(C)C. The van der Waals surface area contributed by atoms with Crippen molar-refractivity contribution in [3.8, 4) is 0 Å². The van der Waals surface area contributed by atoms with E-state index in [0.29, 0.717) is 6.61 Å². The Hall–Kier alpha value is -1.83. The molecule has 0 heterocycles. The van der Waals surface area contributed by atoms with E-state index in [4.69, 9.17) is 4.74 Å². The number of hydrogen-bond acceptors (Lipinski definition) is 2. The summed E-state index contributed by atoms with van der Waals surface area (Å²) in [5.41, 5.74) is 5.53. The largest absolute Gasteiger partial charge is 0.463 e. The molecule has 0 saturated carbocycles. The molecule has 0 aromatic heterocycles. The maximum atomic E-state index is 11.5. The van der Waals surface area contributed by atoms with Gasteiger partial charge in [-0.25, -0.2) is 4.79 Å². The number of esters is 1. The Balaban J connectivity index is 2.93. The van der Waals surface area contributed by atoms with Crippen LogP contribution in [-0.2, 0) is 9.53 Å². The minimum Gasteiger partial charge on any atom is -0.463 e. The maximum Gasteiger partial charge on any atom is 0.330 e. The van der Waals surface area contributed by atoms with Crippen LogP contribution in [0.25, 0.3) is 0 Å². The van der Waals surface area contributed by atoms with Gasteiger partial charge in [0.1, 0.15) is 0 Å². The summed E-state index contributed by atoms with van der Waals surface area (Å²) >= 11 is 0. The first-order valence-electron chi connectivity index (χ1n) is 10.4. The summed E-state index contributed by atoms with van der Waals surface area (Å²) in [6, 6.07) is 0. The molecule has 0 unspecified atom stereocenters. The number of ether oxygens (including phenoxy) is 1. The molecule has 0 aromatic carbocycles. The average molecular weight is 371 g/mol. The maximum absolute atomic E-state index is 11.5. The monoisotopic (exact) mass is 370 g/mol.